The van der Waals surface area contributed by atoms with E-state index in [0.717, 1.165) is 11.9 Å². The van der Waals surface area contributed by atoms with Crippen molar-refractivity contribution in [2.45, 2.75) is 26.1 Å². The van der Waals surface area contributed by atoms with Gasteiger partial charge in [0.05, 0.1) is 43.9 Å². The molecule has 3 rings (SSSR count). The number of hydrogen-bond acceptors (Lipinski definition) is 6. The van der Waals surface area contributed by atoms with Gasteiger partial charge in [-0.25, -0.2) is 4.98 Å². The quantitative estimate of drug-likeness (QED) is 0.906. The van der Waals surface area contributed by atoms with Crippen LogP contribution in [0.5, 0.6) is 5.88 Å². The average molecular weight is 293 g/mol. The van der Waals surface area contributed by atoms with Crippen LogP contribution in [0.25, 0.3) is 0 Å². The summed E-state index contributed by atoms with van der Waals surface area (Å²) in [5.74, 6) is -0.234. The van der Waals surface area contributed by atoms with Crippen LogP contribution in [0.1, 0.15) is 24.4 Å². The highest BCUT2D eigenvalue weighted by Gasteiger charge is 2.22. The van der Waals surface area contributed by atoms with Crippen molar-refractivity contribution < 1.29 is 14.2 Å². The van der Waals surface area contributed by atoms with Gasteiger partial charge in [0, 0.05) is 6.54 Å². The monoisotopic (exact) mass is 293 g/mol. The number of fused-ring (bicyclic) bond motifs is 1. The third-order valence-corrected chi connectivity index (χ3v) is 3.42. The number of ether oxygens (including phenoxy) is 1. The van der Waals surface area contributed by atoms with Gasteiger partial charge in [0.2, 0.25) is 11.8 Å². The molecule has 1 aliphatic heterocycles. The topological polar surface area (TPSA) is 76.3 Å². The summed E-state index contributed by atoms with van der Waals surface area (Å²) in [5.41, 5.74) is 1.61. The number of rotatable bonds is 3. The summed E-state index contributed by atoms with van der Waals surface area (Å²) < 4.78 is 20.1. The third kappa shape index (κ3) is 2.54. The molecule has 1 N–H and O–H groups in total. The highest BCUT2D eigenvalue weighted by Crippen LogP contribution is 2.22. The van der Waals surface area contributed by atoms with Crippen molar-refractivity contribution in [3.63, 3.8) is 0 Å². The van der Waals surface area contributed by atoms with Crippen molar-refractivity contribution in [2.75, 3.05) is 18.6 Å². The first-order valence-corrected chi connectivity index (χ1v) is 6.64. The lowest BCUT2D eigenvalue weighted by atomic mass is 10.2. The van der Waals surface area contributed by atoms with Gasteiger partial charge in [0.15, 0.2) is 0 Å². The van der Waals surface area contributed by atoms with Crippen molar-refractivity contribution in [3.8, 4) is 5.88 Å². The van der Waals surface area contributed by atoms with Crippen molar-refractivity contribution in [2.24, 2.45) is 0 Å². The average Bonchev–Trinajstić information content (AvgIpc) is 2.91. The molecular formula is C13H16FN5O2. The molecule has 2 aromatic heterocycles. The summed E-state index contributed by atoms with van der Waals surface area (Å²) in [6.45, 7) is 3.54. The maximum Gasteiger partial charge on any atom is 0.255 e. The first-order valence-electron chi connectivity index (χ1n) is 6.64. The van der Waals surface area contributed by atoms with Gasteiger partial charge in [-0.3, -0.25) is 4.68 Å². The van der Waals surface area contributed by atoms with Crippen LogP contribution >= 0.6 is 0 Å². The van der Waals surface area contributed by atoms with Crippen LogP contribution in [0, 0.1) is 5.82 Å². The van der Waals surface area contributed by atoms with E-state index >= 15 is 0 Å². The van der Waals surface area contributed by atoms with Gasteiger partial charge < -0.3 is 14.7 Å². The molecule has 0 bridgehead atoms. The van der Waals surface area contributed by atoms with E-state index in [4.69, 9.17) is 4.74 Å². The Bertz CT molecular complexity index is 658. The molecule has 0 spiro atoms. The molecule has 0 amide bonds. The van der Waals surface area contributed by atoms with Crippen molar-refractivity contribution >= 4 is 5.95 Å². The Morgan fingerprint density at radius 2 is 2.24 bits per heavy atom. The molecular weight excluding hydrogens is 277 g/mol. The molecule has 3 heterocycles. The lowest BCUT2D eigenvalue weighted by Gasteiger charge is -2.27. The minimum Gasteiger partial charge on any atom is -0.479 e. The molecule has 0 saturated heterocycles. The minimum atomic E-state index is -0.598. The standard InChI is InChI=1S/C13H16FN5O2/c1-8(20)11-5-9-7-18(3-4-19(9)17-11)13-15-6-10(14)12(16-13)21-2/h5-6,8,20H,3-4,7H2,1-2H3. The molecule has 2 aromatic rings. The molecule has 0 radical (unpaired) electrons. The molecule has 0 aliphatic carbocycles. The second kappa shape index (κ2) is 5.28. The zero-order valence-corrected chi connectivity index (χ0v) is 11.8. The number of aliphatic hydroxyl groups is 1. The van der Waals surface area contributed by atoms with E-state index in [2.05, 4.69) is 15.1 Å². The molecule has 0 fully saturated rings. The van der Waals surface area contributed by atoms with Crippen molar-refractivity contribution in [3.05, 3.63) is 29.5 Å². The van der Waals surface area contributed by atoms with E-state index in [0.29, 0.717) is 31.3 Å². The molecule has 1 unspecified atom stereocenters. The van der Waals surface area contributed by atoms with Gasteiger partial charge in [-0.05, 0) is 13.0 Å². The highest BCUT2D eigenvalue weighted by molar-refractivity contribution is 5.35. The first-order chi connectivity index (χ1) is 10.1. The van der Waals surface area contributed by atoms with E-state index in [9.17, 15) is 9.50 Å². The molecule has 0 aromatic carbocycles. The fourth-order valence-electron chi connectivity index (χ4n) is 2.30. The Morgan fingerprint density at radius 1 is 1.43 bits per heavy atom. The summed E-state index contributed by atoms with van der Waals surface area (Å²) >= 11 is 0. The van der Waals surface area contributed by atoms with Gasteiger partial charge in [-0.15, -0.1) is 0 Å². The zero-order chi connectivity index (χ0) is 15.0. The second-order valence-corrected chi connectivity index (χ2v) is 4.91. The SMILES string of the molecule is COc1nc(N2CCn3nc(C(C)O)cc3C2)ncc1F. The normalized spacial score (nSPS) is 15.7. The number of aliphatic hydroxyl groups excluding tert-OH is 1. The van der Waals surface area contributed by atoms with Gasteiger partial charge in [0.25, 0.3) is 5.88 Å². The van der Waals surface area contributed by atoms with Crippen LogP contribution in [0.3, 0.4) is 0 Å². The summed E-state index contributed by atoms with van der Waals surface area (Å²) in [4.78, 5) is 10.00. The molecule has 7 nitrogen and oxygen atoms in total. The lowest BCUT2D eigenvalue weighted by Crippen LogP contribution is -2.35. The molecule has 21 heavy (non-hydrogen) atoms. The smallest absolute Gasteiger partial charge is 0.255 e. The third-order valence-electron chi connectivity index (χ3n) is 3.42. The van der Waals surface area contributed by atoms with Gasteiger partial charge in [-0.2, -0.15) is 14.5 Å². The molecule has 0 saturated carbocycles. The summed E-state index contributed by atoms with van der Waals surface area (Å²) in [7, 11) is 1.37. The van der Waals surface area contributed by atoms with Crippen LogP contribution in [0.15, 0.2) is 12.3 Å². The van der Waals surface area contributed by atoms with Crippen LogP contribution in [0.4, 0.5) is 10.3 Å². The number of anilines is 1. The second-order valence-electron chi connectivity index (χ2n) is 4.91. The predicted molar refractivity (Wildman–Crippen MR) is 72.5 cm³/mol. The van der Waals surface area contributed by atoms with Crippen LogP contribution in [0.2, 0.25) is 0 Å². The maximum atomic E-state index is 13.4. The summed E-state index contributed by atoms with van der Waals surface area (Å²) in [5, 5.41) is 13.9. The van der Waals surface area contributed by atoms with E-state index in [1.807, 2.05) is 15.6 Å². The Morgan fingerprint density at radius 3 is 2.95 bits per heavy atom. The Hall–Kier alpha value is -2.22. The van der Waals surface area contributed by atoms with E-state index in [-0.39, 0.29) is 5.88 Å². The number of methoxy groups -OCH3 is 1. The number of hydrogen-bond donors (Lipinski definition) is 1. The fourth-order valence-corrected chi connectivity index (χ4v) is 2.30. The number of halogens is 1. The summed E-state index contributed by atoms with van der Waals surface area (Å²) in [6, 6.07) is 1.86. The Kier molecular flexibility index (Phi) is 3.46. The van der Waals surface area contributed by atoms with Gasteiger partial charge in [0.1, 0.15) is 0 Å². The first kappa shape index (κ1) is 13.7. The fraction of sp³-hybridized carbons (Fsp3) is 0.462. The zero-order valence-electron chi connectivity index (χ0n) is 11.8. The van der Waals surface area contributed by atoms with E-state index in [1.165, 1.54) is 7.11 Å². The van der Waals surface area contributed by atoms with Gasteiger partial charge >= 0.3 is 0 Å². The van der Waals surface area contributed by atoms with Crippen LogP contribution in [-0.4, -0.2) is 38.5 Å². The number of nitrogens with zero attached hydrogens (tertiary/aromatic N) is 5. The van der Waals surface area contributed by atoms with Crippen molar-refractivity contribution in [1.82, 2.24) is 19.7 Å². The molecule has 1 aliphatic rings. The molecule has 112 valence electrons. The van der Waals surface area contributed by atoms with Crippen LogP contribution in [-0.2, 0) is 13.1 Å². The Labute approximate surface area is 121 Å². The van der Waals surface area contributed by atoms with Gasteiger partial charge in [-0.1, -0.05) is 0 Å². The Balaban J connectivity index is 1.85. The van der Waals surface area contributed by atoms with E-state index < -0.39 is 11.9 Å². The minimum absolute atomic E-state index is 0.0660. The molecule has 8 heteroatoms. The largest absolute Gasteiger partial charge is 0.479 e. The molecule has 1 atom stereocenters. The van der Waals surface area contributed by atoms with Crippen molar-refractivity contribution in [1.29, 1.82) is 0 Å². The predicted octanol–water partition coefficient (Wildman–Crippen LogP) is 0.894. The van der Waals surface area contributed by atoms with E-state index in [1.54, 1.807) is 6.92 Å². The van der Waals surface area contributed by atoms with Crippen LogP contribution < -0.4 is 9.64 Å². The lowest BCUT2D eigenvalue weighted by molar-refractivity contribution is 0.193. The maximum absolute atomic E-state index is 13.4. The highest BCUT2D eigenvalue weighted by atomic mass is 19.1. The summed E-state index contributed by atoms with van der Waals surface area (Å²) in [6.07, 6.45) is 0.507. The number of aromatic nitrogens is 4.